The van der Waals surface area contributed by atoms with Gasteiger partial charge in [0.1, 0.15) is 23.2 Å². The number of ether oxygens (including phenoxy) is 1. The highest BCUT2D eigenvalue weighted by atomic mass is 16.5. The zero-order valence-corrected chi connectivity index (χ0v) is 13.1. The van der Waals surface area contributed by atoms with Crippen molar-refractivity contribution in [2.75, 3.05) is 6.54 Å². The summed E-state index contributed by atoms with van der Waals surface area (Å²) in [6, 6.07) is 11.6. The summed E-state index contributed by atoms with van der Waals surface area (Å²) in [4.78, 5) is 29.5. The van der Waals surface area contributed by atoms with Gasteiger partial charge in [0, 0.05) is 18.8 Å². The first-order valence-corrected chi connectivity index (χ1v) is 7.88. The third kappa shape index (κ3) is 3.53. The number of amides is 1. The molecule has 3 rings (SSSR count). The van der Waals surface area contributed by atoms with E-state index in [1.165, 1.54) is 11.1 Å². The fourth-order valence-corrected chi connectivity index (χ4v) is 2.79. The van der Waals surface area contributed by atoms with Crippen molar-refractivity contribution >= 4 is 11.9 Å². The van der Waals surface area contributed by atoms with Gasteiger partial charge in [0.25, 0.3) is 5.91 Å². The summed E-state index contributed by atoms with van der Waals surface area (Å²) in [6.07, 6.45) is 3.58. The quantitative estimate of drug-likeness (QED) is 0.934. The highest BCUT2D eigenvalue weighted by molar-refractivity contribution is 5.95. The minimum Gasteiger partial charge on any atom is -0.480 e. The molecule has 6 nitrogen and oxygen atoms in total. The van der Waals surface area contributed by atoms with E-state index in [0.29, 0.717) is 24.5 Å². The summed E-state index contributed by atoms with van der Waals surface area (Å²) in [5, 5.41) is 9.31. The smallest absolute Gasteiger partial charge is 0.326 e. The Bertz CT molecular complexity index is 733. The minimum atomic E-state index is -0.972. The third-order valence-electron chi connectivity index (χ3n) is 3.98. The monoisotopic (exact) mass is 326 g/mol. The third-order valence-corrected chi connectivity index (χ3v) is 3.98. The maximum Gasteiger partial charge on any atom is 0.326 e. The molecule has 1 aromatic heterocycles. The number of aliphatic carboxylic acids is 1. The maximum absolute atomic E-state index is 12.7. The molecule has 1 unspecified atom stereocenters. The first-order valence-electron chi connectivity index (χ1n) is 7.88. The van der Waals surface area contributed by atoms with E-state index in [1.807, 2.05) is 30.3 Å². The van der Waals surface area contributed by atoms with E-state index < -0.39 is 12.0 Å². The van der Waals surface area contributed by atoms with Gasteiger partial charge >= 0.3 is 5.97 Å². The largest absolute Gasteiger partial charge is 0.480 e. The van der Waals surface area contributed by atoms with Crippen molar-refractivity contribution in [2.24, 2.45) is 0 Å². The van der Waals surface area contributed by atoms with Gasteiger partial charge in [-0.1, -0.05) is 18.2 Å². The maximum atomic E-state index is 12.7. The number of nitrogens with zero attached hydrogens (tertiary/aromatic N) is 2. The van der Waals surface area contributed by atoms with E-state index in [2.05, 4.69) is 4.98 Å². The Morgan fingerprint density at radius 1 is 1.12 bits per heavy atom. The van der Waals surface area contributed by atoms with Gasteiger partial charge in [0.05, 0.1) is 0 Å². The lowest BCUT2D eigenvalue weighted by Crippen LogP contribution is -2.48. The van der Waals surface area contributed by atoms with Gasteiger partial charge in [-0.15, -0.1) is 0 Å². The molecule has 1 aliphatic heterocycles. The Hall–Kier alpha value is -2.89. The first kappa shape index (κ1) is 16.0. The molecule has 0 saturated carbocycles. The molecule has 0 radical (unpaired) electrons. The lowest BCUT2D eigenvalue weighted by Gasteiger charge is -2.32. The number of benzene rings is 1. The summed E-state index contributed by atoms with van der Waals surface area (Å²) in [7, 11) is 0. The van der Waals surface area contributed by atoms with Crippen LogP contribution in [0.15, 0.2) is 48.7 Å². The molecule has 1 aliphatic rings. The van der Waals surface area contributed by atoms with E-state index in [1.54, 1.807) is 12.1 Å². The molecule has 24 heavy (non-hydrogen) atoms. The van der Waals surface area contributed by atoms with Crippen molar-refractivity contribution in [1.29, 1.82) is 0 Å². The van der Waals surface area contributed by atoms with Crippen LogP contribution in [-0.4, -0.2) is 39.5 Å². The molecule has 0 bridgehead atoms. The topological polar surface area (TPSA) is 79.7 Å². The van der Waals surface area contributed by atoms with Crippen LogP contribution >= 0.6 is 0 Å². The lowest BCUT2D eigenvalue weighted by molar-refractivity contribution is -0.143. The summed E-state index contributed by atoms with van der Waals surface area (Å²) in [5.74, 6) is -0.202. The second-order valence-electron chi connectivity index (χ2n) is 5.64. The van der Waals surface area contributed by atoms with Crippen LogP contribution < -0.4 is 4.74 Å². The van der Waals surface area contributed by atoms with Crippen molar-refractivity contribution in [1.82, 2.24) is 9.88 Å². The normalized spacial score (nSPS) is 17.3. The number of piperidine rings is 1. The van der Waals surface area contributed by atoms with E-state index in [0.717, 1.165) is 12.8 Å². The average Bonchev–Trinajstić information content (AvgIpc) is 2.62. The summed E-state index contributed by atoms with van der Waals surface area (Å²) in [5.41, 5.74) is 0.191. The summed E-state index contributed by atoms with van der Waals surface area (Å²) >= 11 is 0. The predicted octanol–water partition coefficient (Wildman–Crippen LogP) is 2.95. The Morgan fingerprint density at radius 2 is 1.92 bits per heavy atom. The highest BCUT2D eigenvalue weighted by Gasteiger charge is 2.33. The molecule has 1 aromatic carbocycles. The molecule has 0 spiro atoms. The second-order valence-corrected chi connectivity index (χ2v) is 5.64. The second kappa shape index (κ2) is 7.12. The number of hydrogen-bond acceptors (Lipinski definition) is 4. The Kier molecular flexibility index (Phi) is 4.74. The van der Waals surface area contributed by atoms with Crippen LogP contribution in [-0.2, 0) is 4.79 Å². The van der Waals surface area contributed by atoms with E-state index in [-0.39, 0.29) is 11.6 Å². The minimum absolute atomic E-state index is 0.191. The number of hydrogen-bond donors (Lipinski definition) is 1. The molecule has 0 aliphatic carbocycles. The molecule has 1 amide bonds. The summed E-state index contributed by atoms with van der Waals surface area (Å²) < 4.78 is 5.70. The predicted molar refractivity (Wildman–Crippen MR) is 87.1 cm³/mol. The SMILES string of the molecule is O=C(O)C1CCCCN1C(=O)c1cc(Oc2ccccc2)ccn1. The number of likely N-dealkylation sites (tertiary alicyclic amines) is 1. The van der Waals surface area contributed by atoms with Gasteiger partial charge in [-0.05, 0) is 37.5 Å². The van der Waals surface area contributed by atoms with Gasteiger partial charge < -0.3 is 14.7 Å². The van der Waals surface area contributed by atoms with Gasteiger partial charge in [0.2, 0.25) is 0 Å². The van der Waals surface area contributed by atoms with Crippen molar-refractivity contribution < 1.29 is 19.4 Å². The zero-order valence-electron chi connectivity index (χ0n) is 13.1. The van der Waals surface area contributed by atoms with E-state index >= 15 is 0 Å². The number of carboxylic acids is 1. The number of rotatable bonds is 4. The van der Waals surface area contributed by atoms with E-state index in [9.17, 15) is 14.7 Å². The van der Waals surface area contributed by atoms with Crippen molar-refractivity contribution in [3.8, 4) is 11.5 Å². The number of carboxylic acid groups (broad SMARTS) is 1. The van der Waals surface area contributed by atoms with Gasteiger partial charge in [-0.3, -0.25) is 9.78 Å². The molecular formula is C18H18N2O4. The van der Waals surface area contributed by atoms with Gasteiger partial charge in [-0.2, -0.15) is 0 Å². The van der Waals surface area contributed by atoms with Crippen LogP contribution in [0, 0.1) is 0 Å². The Morgan fingerprint density at radius 3 is 2.67 bits per heavy atom. The molecule has 1 N–H and O–H groups in total. The van der Waals surface area contributed by atoms with Crippen LogP contribution in [0.2, 0.25) is 0 Å². The van der Waals surface area contributed by atoms with Crippen molar-refractivity contribution in [3.63, 3.8) is 0 Å². The Balaban J connectivity index is 1.80. The molecular weight excluding hydrogens is 308 g/mol. The highest BCUT2D eigenvalue weighted by Crippen LogP contribution is 2.23. The molecule has 2 aromatic rings. The molecule has 2 heterocycles. The van der Waals surface area contributed by atoms with Crippen LogP contribution in [0.3, 0.4) is 0 Å². The van der Waals surface area contributed by atoms with Gasteiger partial charge in [-0.25, -0.2) is 4.79 Å². The molecule has 1 saturated heterocycles. The number of carbonyl (C=O) groups is 2. The molecule has 1 atom stereocenters. The van der Waals surface area contributed by atoms with Crippen LogP contribution in [0.1, 0.15) is 29.8 Å². The van der Waals surface area contributed by atoms with E-state index in [4.69, 9.17) is 4.74 Å². The first-order chi connectivity index (χ1) is 11.6. The fraction of sp³-hybridized carbons (Fsp3) is 0.278. The zero-order chi connectivity index (χ0) is 16.9. The fourth-order valence-electron chi connectivity index (χ4n) is 2.79. The molecule has 6 heteroatoms. The van der Waals surface area contributed by atoms with Gasteiger partial charge in [0.15, 0.2) is 0 Å². The van der Waals surface area contributed by atoms with Crippen molar-refractivity contribution in [3.05, 3.63) is 54.4 Å². The van der Waals surface area contributed by atoms with Crippen molar-refractivity contribution in [2.45, 2.75) is 25.3 Å². The lowest BCUT2D eigenvalue weighted by atomic mass is 10.0. The van der Waals surface area contributed by atoms with Crippen LogP contribution in [0.4, 0.5) is 0 Å². The van der Waals surface area contributed by atoms with Crippen LogP contribution in [0.5, 0.6) is 11.5 Å². The number of para-hydroxylation sites is 1. The van der Waals surface area contributed by atoms with Crippen LogP contribution in [0.25, 0.3) is 0 Å². The molecule has 124 valence electrons. The number of carbonyl (C=O) groups excluding carboxylic acids is 1. The number of pyridine rings is 1. The standard InChI is InChI=1S/C18H18N2O4/c21-17(20-11-5-4-8-16(20)18(22)23)15-12-14(9-10-19-15)24-13-6-2-1-3-7-13/h1-3,6-7,9-10,12,16H,4-5,8,11H2,(H,22,23). The Labute approximate surface area is 139 Å². The molecule has 1 fully saturated rings. The number of aromatic nitrogens is 1. The average molecular weight is 326 g/mol. The summed E-state index contributed by atoms with van der Waals surface area (Å²) in [6.45, 7) is 0.432.